The van der Waals surface area contributed by atoms with E-state index in [1.54, 1.807) is 13.8 Å². The molecule has 0 aliphatic carbocycles. The highest BCUT2D eigenvalue weighted by molar-refractivity contribution is 5.96. The number of carbonyl (C=O) groups excluding carboxylic acids is 1. The Labute approximate surface area is 233 Å². The number of alkyl halides is 1. The van der Waals surface area contributed by atoms with Crippen LogP contribution in [0.3, 0.4) is 0 Å². The van der Waals surface area contributed by atoms with Gasteiger partial charge in [0.15, 0.2) is 5.78 Å². The Balaban J connectivity index is 1.25. The van der Waals surface area contributed by atoms with Crippen molar-refractivity contribution in [2.75, 3.05) is 45.9 Å². The number of hydrogen-bond acceptors (Lipinski definition) is 6. The first-order chi connectivity index (χ1) is 18.6. The van der Waals surface area contributed by atoms with E-state index in [0.29, 0.717) is 30.1 Å². The van der Waals surface area contributed by atoms with Crippen molar-refractivity contribution in [1.29, 1.82) is 0 Å². The number of ether oxygens (including phenoxy) is 1. The molecule has 0 amide bonds. The molecule has 0 saturated carbocycles. The Morgan fingerprint density at radius 3 is 2.26 bits per heavy atom. The summed E-state index contributed by atoms with van der Waals surface area (Å²) in [5.41, 5.74) is 1.87. The number of carbonyl (C=O) groups is 1. The summed E-state index contributed by atoms with van der Waals surface area (Å²) in [5, 5.41) is 9.06. The minimum Gasteiger partial charge on any atom is -0.493 e. The lowest BCUT2D eigenvalue weighted by molar-refractivity contribution is 0.0289. The summed E-state index contributed by atoms with van der Waals surface area (Å²) in [5.74, 6) is 1.21. The summed E-state index contributed by atoms with van der Waals surface area (Å²) < 4.78 is 20.2. The maximum absolute atomic E-state index is 14.0. The van der Waals surface area contributed by atoms with Gasteiger partial charge in [-0.05, 0) is 82.8 Å². The van der Waals surface area contributed by atoms with Crippen LogP contribution in [0.15, 0.2) is 48.5 Å². The maximum atomic E-state index is 14.0. The van der Waals surface area contributed by atoms with E-state index in [1.165, 1.54) is 11.1 Å². The smallest absolute Gasteiger partial charge is 0.188 e. The average molecular weight is 540 g/mol. The molecule has 2 aliphatic rings. The lowest BCUT2D eigenvalue weighted by Crippen LogP contribution is -2.55. The number of hydrogen-bond donors (Lipinski definition) is 1. The first kappa shape index (κ1) is 29.7. The molecule has 0 spiro atoms. The van der Waals surface area contributed by atoms with E-state index in [0.717, 1.165) is 64.5 Å². The molecule has 2 aliphatic heterocycles. The van der Waals surface area contributed by atoms with Gasteiger partial charge in [-0.3, -0.25) is 14.6 Å². The molecular weight excluding hydrogens is 493 g/mol. The Morgan fingerprint density at radius 2 is 1.64 bits per heavy atom. The first-order valence-corrected chi connectivity index (χ1v) is 14.4. The van der Waals surface area contributed by atoms with Gasteiger partial charge in [0, 0.05) is 50.4 Å². The number of piperazine rings is 1. The second-order valence-electron chi connectivity index (χ2n) is 12.2. The summed E-state index contributed by atoms with van der Waals surface area (Å²) >= 11 is 0. The number of piperidine rings is 1. The monoisotopic (exact) mass is 539 g/mol. The highest BCUT2D eigenvalue weighted by Gasteiger charge is 2.30. The summed E-state index contributed by atoms with van der Waals surface area (Å²) in [6, 6.07) is 16.9. The van der Waals surface area contributed by atoms with Crippen LogP contribution in [0.1, 0.15) is 62.0 Å². The maximum Gasteiger partial charge on any atom is 0.188 e. The largest absolute Gasteiger partial charge is 0.493 e. The van der Waals surface area contributed by atoms with Crippen molar-refractivity contribution in [2.45, 2.75) is 71.4 Å². The molecule has 6 nitrogen and oxygen atoms in total. The Morgan fingerprint density at radius 1 is 0.974 bits per heavy atom. The lowest BCUT2D eigenvalue weighted by Gasteiger charge is -2.44. The summed E-state index contributed by atoms with van der Waals surface area (Å²) in [4.78, 5) is 19.0. The van der Waals surface area contributed by atoms with Crippen LogP contribution in [0, 0.1) is 5.92 Å². The van der Waals surface area contributed by atoms with E-state index in [4.69, 9.17) is 9.84 Å². The van der Waals surface area contributed by atoms with Crippen molar-refractivity contribution >= 4 is 5.78 Å². The predicted octanol–water partition coefficient (Wildman–Crippen LogP) is 4.80. The topological polar surface area (TPSA) is 56.3 Å². The molecular formula is C32H46FN3O3. The molecule has 0 aromatic heterocycles. The first-order valence-electron chi connectivity index (χ1n) is 14.4. The van der Waals surface area contributed by atoms with Crippen molar-refractivity contribution in [2.24, 2.45) is 5.92 Å². The van der Waals surface area contributed by atoms with Gasteiger partial charge in [-0.2, -0.15) is 0 Å². The second kappa shape index (κ2) is 13.4. The quantitative estimate of drug-likeness (QED) is 0.414. The molecule has 214 valence electrons. The molecule has 39 heavy (non-hydrogen) atoms. The van der Waals surface area contributed by atoms with E-state index in [2.05, 4.69) is 52.8 Å². The van der Waals surface area contributed by atoms with Crippen molar-refractivity contribution in [3.8, 4) is 5.75 Å². The van der Waals surface area contributed by atoms with Crippen LogP contribution in [0.4, 0.5) is 4.39 Å². The Kier molecular flexibility index (Phi) is 10.2. The zero-order valence-electron chi connectivity index (χ0n) is 24.1. The van der Waals surface area contributed by atoms with Crippen LogP contribution in [0.25, 0.3) is 0 Å². The number of halogens is 1. The molecule has 2 heterocycles. The van der Waals surface area contributed by atoms with Crippen LogP contribution >= 0.6 is 0 Å². The Bertz CT molecular complexity index is 1050. The Hall–Kier alpha value is -2.32. The third-order valence-electron chi connectivity index (χ3n) is 8.06. The summed E-state index contributed by atoms with van der Waals surface area (Å²) in [6.07, 6.45) is 2.11. The highest BCUT2D eigenvalue weighted by Crippen LogP contribution is 2.25. The van der Waals surface area contributed by atoms with E-state index < -0.39 is 12.3 Å². The number of rotatable bonds is 11. The van der Waals surface area contributed by atoms with Crippen LogP contribution in [-0.2, 0) is 13.1 Å². The SMILES string of the molecule is C[C@@H]1CN(Cc2ccc(C(=O)CO)cc2)C[C@H](C)N1Cc1cccc(OCC2CCN(CC(C)(C)F)CC2)c1. The van der Waals surface area contributed by atoms with Gasteiger partial charge in [0.2, 0.25) is 0 Å². The number of benzene rings is 2. The van der Waals surface area contributed by atoms with Gasteiger partial charge in [0.1, 0.15) is 18.0 Å². The van der Waals surface area contributed by atoms with E-state index in [-0.39, 0.29) is 5.78 Å². The van der Waals surface area contributed by atoms with Gasteiger partial charge in [-0.1, -0.05) is 36.4 Å². The van der Waals surface area contributed by atoms with Crippen LogP contribution in [0.5, 0.6) is 5.75 Å². The van der Waals surface area contributed by atoms with Crippen molar-refractivity contribution in [1.82, 2.24) is 14.7 Å². The van der Waals surface area contributed by atoms with Gasteiger partial charge in [0.05, 0.1) is 6.61 Å². The molecule has 2 aromatic rings. The van der Waals surface area contributed by atoms with Crippen molar-refractivity contribution in [3.05, 3.63) is 65.2 Å². The molecule has 0 bridgehead atoms. The van der Waals surface area contributed by atoms with Crippen LogP contribution < -0.4 is 4.74 Å². The molecule has 2 saturated heterocycles. The molecule has 2 aromatic carbocycles. The third kappa shape index (κ3) is 8.84. The fourth-order valence-corrected chi connectivity index (χ4v) is 6.05. The molecule has 2 atom stereocenters. The summed E-state index contributed by atoms with van der Waals surface area (Å²) in [7, 11) is 0. The summed E-state index contributed by atoms with van der Waals surface area (Å²) in [6.45, 7) is 14.3. The lowest BCUT2D eigenvalue weighted by atomic mass is 9.97. The standard InChI is InChI=1S/C32H46FN3O3/c1-24-17-35(19-26-8-10-29(11-9-26)31(38)21-37)18-25(2)36(24)20-28-6-5-7-30(16-28)39-22-27-12-14-34(15-13-27)23-32(3,4)33/h5-11,16,24-25,27,37H,12-15,17-23H2,1-4H3/t24-,25+. The minimum atomic E-state index is -1.14. The van der Waals surface area contributed by atoms with Crippen LogP contribution in [-0.4, -0.2) is 89.3 Å². The second-order valence-corrected chi connectivity index (χ2v) is 12.2. The average Bonchev–Trinajstić information content (AvgIpc) is 2.90. The predicted molar refractivity (Wildman–Crippen MR) is 154 cm³/mol. The number of ketones is 1. The number of aliphatic hydroxyl groups is 1. The van der Waals surface area contributed by atoms with Gasteiger partial charge in [0.25, 0.3) is 0 Å². The van der Waals surface area contributed by atoms with E-state index >= 15 is 0 Å². The van der Waals surface area contributed by atoms with Crippen molar-refractivity contribution in [3.63, 3.8) is 0 Å². The zero-order chi connectivity index (χ0) is 28.0. The third-order valence-corrected chi connectivity index (χ3v) is 8.06. The fraction of sp³-hybridized carbons (Fsp3) is 0.594. The normalized spacial score (nSPS) is 22.2. The van der Waals surface area contributed by atoms with Gasteiger partial charge >= 0.3 is 0 Å². The fourth-order valence-electron chi connectivity index (χ4n) is 6.05. The zero-order valence-corrected chi connectivity index (χ0v) is 24.1. The number of likely N-dealkylation sites (tertiary alicyclic amines) is 1. The number of aliphatic hydroxyl groups excluding tert-OH is 1. The number of Topliss-reactive ketones (excluding diaryl/α,β-unsaturated/α-hetero) is 1. The van der Waals surface area contributed by atoms with Gasteiger partial charge < -0.3 is 14.7 Å². The molecule has 2 fully saturated rings. The van der Waals surface area contributed by atoms with E-state index in [1.807, 2.05) is 24.3 Å². The van der Waals surface area contributed by atoms with E-state index in [9.17, 15) is 9.18 Å². The minimum absolute atomic E-state index is 0.244. The van der Waals surface area contributed by atoms with Gasteiger partial charge in [-0.15, -0.1) is 0 Å². The highest BCUT2D eigenvalue weighted by atomic mass is 19.1. The molecule has 0 unspecified atom stereocenters. The van der Waals surface area contributed by atoms with Crippen LogP contribution in [0.2, 0.25) is 0 Å². The molecule has 1 N–H and O–H groups in total. The van der Waals surface area contributed by atoms with Gasteiger partial charge in [-0.25, -0.2) is 4.39 Å². The molecule has 7 heteroatoms. The number of nitrogens with zero attached hydrogens (tertiary/aromatic N) is 3. The van der Waals surface area contributed by atoms with Crippen molar-refractivity contribution < 1.29 is 19.0 Å². The molecule has 4 rings (SSSR count). The molecule has 0 radical (unpaired) electrons.